The van der Waals surface area contributed by atoms with Crippen LogP contribution in [0, 0.1) is 23.7 Å². The Balaban J connectivity index is 1.14. The molecule has 13 nitrogen and oxygen atoms in total. The van der Waals surface area contributed by atoms with E-state index in [1.165, 1.54) is 5.57 Å². The molecule has 4 aliphatic rings. The number of carbonyl (C=O) groups is 5. The van der Waals surface area contributed by atoms with Crippen LogP contribution in [0.3, 0.4) is 0 Å². The molecule has 52 heavy (non-hydrogen) atoms. The van der Waals surface area contributed by atoms with Crippen LogP contribution in [-0.4, -0.2) is 104 Å². The van der Waals surface area contributed by atoms with Crippen molar-refractivity contribution in [3.05, 3.63) is 11.6 Å². The third-order valence-corrected chi connectivity index (χ3v) is 11.4. The number of amides is 3. The van der Waals surface area contributed by atoms with Gasteiger partial charge >= 0.3 is 5.97 Å². The average Bonchev–Trinajstić information content (AvgIpc) is 4.01. The van der Waals surface area contributed by atoms with E-state index in [2.05, 4.69) is 48.1 Å². The molecule has 0 aromatic rings. The van der Waals surface area contributed by atoms with Crippen molar-refractivity contribution in [3.8, 4) is 0 Å². The molecule has 2 aliphatic carbocycles. The molecule has 0 aromatic heterocycles. The highest BCUT2D eigenvalue weighted by Crippen LogP contribution is 2.59. The highest BCUT2D eigenvalue weighted by molar-refractivity contribution is 5.90. The van der Waals surface area contributed by atoms with Gasteiger partial charge in [-0.1, -0.05) is 39.3 Å². The number of methoxy groups -OCH3 is 1. The summed E-state index contributed by atoms with van der Waals surface area (Å²) in [6.45, 7) is 14.3. The van der Waals surface area contributed by atoms with Crippen LogP contribution < -0.4 is 21.3 Å². The molecular formula is C39H64N4O9. The molecule has 3 amide bonds. The van der Waals surface area contributed by atoms with E-state index in [1.807, 2.05) is 13.8 Å². The third-order valence-electron chi connectivity index (χ3n) is 11.4. The lowest BCUT2D eigenvalue weighted by Crippen LogP contribution is -2.55. The molecule has 0 radical (unpaired) electrons. The summed E-state index contributed by atoms with van der Waals surface area (Å²) in [4.78, 5) is 62.5. The van der Waals surface area contributed by atoms with Crippen molar-refractivity contribution < 1.29 is 42.9 Å². The summed E-state index contributed by atoms with van der Waals surface area (Å²) < 4.78 is 24.5. The van der Waals surface area contributed by atoms with Crippen LogP contribution in [0.1, 0.15) is 106 Å². The van der Waals surface area contributed by atoms with Crippen LogP contribution in [0.15, 0.2) is 11.6 Å². The van der Waals surface area contributed by atoms with Crippen molar-refractivity contribution in [2.24, 2.45) is 23.7 Å². The van der Waals surface area contributed by atoms with E-state index in [1.54, 1.807) is 21.0 Å². The van der Waals surface area contributed by atoms with Crippen LogP contribution >= 0.6 is 0 Å². The number of Topliss-reactive ketones (excluding diaryl/α,β-unsaturated/α-hetero) is 1. The van der Waals surface area contributed by atoms with Gasteiger partial charge < -0.3 is 40.2 Å². The van der Waals surface area contributed by atoms with Crippen molar-refractivity contribution in [3.63, 3.8) is 0 Å². The minimum Gasteiger partial charge on any atom is -0.460 e. The monoisotopic (exact) mass is 732 g/mol. The van der Waals surface area contributed by atoms with E-state index in [0.29, 0.717) is 26.0 Å². The minimum absolute atomic E-state index is 0.0127. The molecular weight excluding hydrogens is 668 g/mol. The van der Waals surface area contributed by atoms with Gasteiger partial charge in [-0.2, -0.15) is 0 Å². The lowest BCUT2D eigenvalue weighted by molar-refractivity contribution is -0.173. The summed E-state index contributed by atoms with van der Waals surface area (Å²) in [7, 11) is 1.69. The van der Waals surface area contributed by atoms with E-state index in [9.17, 15) is 24.0 Å². The van der Waals surface area contributed by atoms with Gasteiger partial charge in [0.2, 0.25) is 17.7 Å². The molecule has 4 N–H and O–H groups in total. The zero-order valence-corrected chi connectivity index (χ0v) is 32.6. The Morgan fingerprint density at radius 2 is 1.63 bits per heavy atom. The number of allylic oxidation sites excluding steroid dienone is 1. The Hall–Kier alpha value is -2.87. The average molecular weight is 733 g/mol. The van der Waals surface area contributed by atoms with Gasteiger partial charge in [0.15, 0.2) is 5.78 Å². The Morgan fingerprint density at radius 1 is 0.942 bits per heavy atom. The van der Waals surface area contributed by atoms with Crippen LogP contribution in [-0.2, 0) is 42.9 Å². The summed E-state index contributed by atoms with van der Waals surface area (Å²) >= 11 is 0. The van der Waals surface area contributed by atoms with E-state index in [0.717, 1.165) is 38.5 Å². The summed E-state index contributed by atoms with van der Waals surface area (Å²) in [6.07, 6.45) is 7.77. The largest absolute Gasteiger partial charge is 0.460 e. The molecule has 2 aliphatic heterocycles. The second kappa shape index (κ2) is 18.4. The maximum Gasteiger partial charge on any atom is 0.306 e. The number of epoxide rings is 2. The molecule has 4 unspecified atom stereocenters. The number of carbonyl (C=O) groups excluding carboxylic acids is 5. The van der Waals surface area contributed by atoms with Gasteiger partial charge in [0.25, 0.3) is 0 Å². The predicted octanol–water partition coefficient (Wildman–Crippen LogP) is 3.13. The Labute approximate surface area is 309 Å². The lowest BCUT2D eigenvalue weighted by Gasteiger charge is -2.42. The first-order valence-corrected chi connectivity index (χ1v) is 19.4. The van der Waals surface area contributed by atoms with Crippen molar-refractivity contribution in [2.75, 3.05) is 33.4 Å². The fourth-order valence-electron chi connectivity index (χ4n) is 8.04. The fourth-order valence-corrected chi connectivity index (χ4v) is 8.04. The van der Waals surface area contributed by atoms with Gasteiger partial charge in [0, 0.05) is 38.5 Å². The maximum absolute atomic E-state index is 13.2. The first-order chi connectivity index (χ1) is 24.6. The van der Waals surface area contributed by atoms with Gasteiger partial charge in [-0.15, -0.1) is 0 Å². The molecule has 294 valence electrons. The van der Waals surface area contributed by atoms with E-state index < -0.39 is 11.9 Å². The van der Waals surface area contributed by atoms with Gasteiger partial charge in [0.1, 0.15) is 23.4 Å². The Bertz CT molecular complexity index is 1300. The highest BCUT2D eigenvalue weighted by atomic mass is 16.6. The van der Waals surface area contributed by atoms with Gasteiger partial charge in [-0.05, 0) is 77.6 Å². The van der Waals surface area contributed by atoms with Crippen LogP contribution in [0.2, 0.25) is 0 Å². The van der Waals surface area contributed by atoms with E-state index in [4.69, 9.17) is 18.9 Å². The summed E-state index contributed by atoms with van der Waals surface area (Å²) in [6, 6.07) is -0.542. The molecule has 1 spiro atoms. The van der Waals surface area contributed by atoms with Crippen LogP contribution in [0.5, 0.6) is 0 Å². The lowest BCUT2D eigenvalue weighted by atomic mass is 9.68. The van der Waals surface area contributed by atoms with Gasteiger partial charge in [-0.25, -0.2) is 0 Å². The van der Waals surface area contributed by atoms with Crippen molar-refractivity contribution in [1.29, 1.82) is 0 Å². The number of ether oxygens (including phenoxy) is 4. The number of rotatable bonds is 19. The predicted molar refractivity (Wildman–Crippen MR) is 195 cm³/mol. The number of esters is 1. The summed E-state index contributed by atoms with van der Waals surface area (Å²) in [5.74, 6) is -1.22. The van der Waals surface area contributed by atoms with E-state index in [-0.39, 0.29) is 102 Å². The first kappa shape index (κ1) is 41.9. The molecule has 4 fully saturated rings. The second-order valence-corrected chi connectivity index (χ2v) is 16.4. The molecule has 13 heteroatoms. The van der Waals surface area contributed by atoms with Crippen molar-refractivity contribution in [1.82, 2.24) is 21.3 Å². The number of nitrogens with one attached hydrogen (secondary N) is 4. The quantitative estimate of drug-likeness (QED) is 0.0877. The smallest absolute Gasteiger partial charge is 0.306 e. The highest BCUT2D eigenvalue weighted by Gasteiger charge is 2.72. The van der Waals surface area contributed by atoms with Crippen molar-refractivity contribution >= 4 is 29.5 Å². The van der Waals surface area contributed by atoms with Crippen LogP contribution in [0.4, 0.5) is 0 Å². The fraction of sp³-hybridized carbons (Fsp3) is 0.821. The molecule has 7 atom stereocenters. The second-order valence-electron chi connectivity index (χ2n) is 16.4. The summed E-state index contributed by atoms with van der Waals surface area (Å²) in [5, 5.41) is 11.4. The van der Waals surface area contributed by atoms with E-state index >= 15 is 0 Å². The molecule has 2 saturated heterocycles. The molecule has 2 saturated carbocycles. The number of hydrogen-bond donors (Lipinski definition) is 4. The van der Waals surface area contributed by atoms with Gasteiger partial charge in [-0.3, -0.25) is 24.0 Å². The minimum atomic E-state index is -0.579. The molecule has 2 heterocycles. The maximum atomic E-state index is 13.2. The zero-order chi connectivity index (χ0) is 38.2. The topological polar surface area (TPSA) is 177 Å². The molecule has 0 bridgehead atoms. The standard InChI is InChI=1S/C39H64N4O9/c1-23(2)9-14-30-38(7,52-30)36-35(49-8)29(15-17-39(36)22-50-39)51-33(47)19-26-10-12-27(13-11-26)43-31(45)16-18-40-34(25(5)6)37(48)42-21-32(46)41-20-28(44)24(3)4/h9,24-27,29-30,34-36,40H,10-22H2,1-8H3,(H,41,46)(H,42,48)(H,43,45)/t26?,27?,29?,30-,34+,35?,36?,38?,39+/m1/s1. The Morgan fingerprint density at radius 3 is 2.23 bits per heavy atom. The molecule has 0 aromatic carbocycles. The number of hydrogen-bond acceptors (Lipinski definition) is 10. The van der Waals surface area contributed by atoms with Crippen molar-refractivity contribution in [2.45, 2.75) is 148 Å². The third kappa shape index (κ3) is 11.3. The zero-order valence-electron chi connectivity index (χ0n) is 32.6. The summed E-state index contributed by atoms with van der Waals surface area (Å²) in [5.41, 5.74) is 0.614. The van der Waals surface area contributed by atoms with Gasteiger partial charge in [0.05, 0.1) is 37.8 Å². The normalized spacial score (nSPS) is 31.4. The molecule has 4 rings (SSSR count). The SMILES string of the molecule is COC1C(OC(=O)CC2CCC(NC(=O)CCN[C@H](C(=O)NCC(=O)NCC(=O)C(C)C)C(C)C)CC2)CC[C@]2(CO2)C1C1(C)O[C@@H]1CC=C(C)C. The number of ketones is 1. The first-order valence-electron chi connectivity index (χ1n) is 19.4. The van der Waals surface area contributed by atoms with Crippen LogP contribution in [0.25, 0.3) is 0 Å². The Kier molecular flexibility index (Phi) is 14.9.